The molecule has 0 amide bonds. The van der Waals surface area contributed by atoms with Crippen LogP contribution in [-0.4, -0.2) is 84.7 Å². The first kappa shape index (κ1) is 28.3. The molecule has 39 heavy (non-hydrogen) atoms. The second-order valence-electron chi connectivity index (χ2n) is 11.9. The Morgan fingerprint density at radius 3 is 2.41 bits per heavy atom. The number of aromatic nitrogens is 1. The van der Waals surface area contributed by atoms with Gasteiger partial charge in [0, 0.05) is 26.2 Å². The van der Waals surface area contributed by atoms with Crippen LogP contribution in [0.25, 0.3) is 0 Å². The van der Waals surface area contributed by atoms with Gasteiger partial charge in [-0.05, 0) is 69.3 Å². The number of likely N-dealkylation sites (tertiary alicyclic amines) is 1. The molecule has 1 N–H and O–H groups in total. The number of rotatable bonds is 8. The molecule has 0 saturated carbocycles. The fourth-order valence-corrected chi connectivity index (χ4v) is 5.59. The SMILES string of the molecule is CC1(C)OB(c2ccc3c(c2)CCN(CC(F)(F)F)C3c2ccc(NC3CN(CCCF)C3)cn2)OC1(C)C. The molecule has 2 saturated heterocycles. The molecule has 212 valence electrons. The molecule has 1 aromatic carbocycles. The highest BCUT2D eigenvalue weighted by molar-refractivity contribution is 6.62. The molecular weight excluding hydrogens is 511 g/mol. The Morgan fingerprint density at radius 1 is 1.08 bits per heavy atom. The van der Waals surface area contributed by atoms with Gasteiger partial charge in [-0.1, -0.05) is 18.2 Å². The maximum absolute atomic E-state index is 13.6. The minimum absolute atomic E-state index is 0.253. The summed E-state index contributed by atoms with van der Waals surface area (Å²) in [5.74, 6) is 0. The van der Waals surface area contributed by atoms with Crippen molar-refractivity contribution in [2.75, 3.05) is 44.7 Å². The standard InChI is InChI=1S/C28H37BF4N4O2/c1-26(2)27(3,4)39-29(38-26)20-6-8-23-19(14-20)10-13-37(18-28(31,32)33)25(23)24-9-7-21(15-34-24)35-22-16-36(17-22)12-5-11-30/h6-9,14-15,22,25,35H,5,10-13,16-18H2,1-4H3. The molecule has 11 heteroatoms. The van der Waals surface area contributed by atoms with E-state index in [1.807, 2.05) is 58.0 Å². The van der Waals surface area contributed by atoms with Crippen molar-refractivity contribution >= 4 is 18.3 Å². The summed E-state index contributed by atoms with van der Waals surface area (Å²) < 4.78 is 65.4. The minimum Gasteiger partial charge on any atom is -0.399 e. The first-order chi connectivity index (χ1) is 18.3. The summed E-state index contributed by atoms with van der Waals surface area (Å²) in [6.07, 6.45) is -1.59. The van der Waals surface area contributed by atoms with Gasteiger partial charge in [-0.3, -0.25) is 19.2 Å². The Morgan fingerprint density at radius 2 is 1.79 bits per heavy atom. The van der Waals surface area contributed by atoms with Crippen LogP contribution in [0.1, 0.15) is 57.0 Å². The van der Waals surface area contributed by atoms with Crippen molar-refractivity contribution in [1.82, 2.24) is 14.8 Å². The Kier molecular flexibility index (Phi) is 7.73. The Balaban J connectivity index is 1.35. The molecule has 2 aromatic rings. The number of hydrogen-bond acceptors (Lipinski definition) is 6. The average Bonchev–Trinajstić information content (AvgIpc) is 3.06. The van der Waals surface area contributed by atoms with Crippen molar-refractivity contribution in [3.63, 3.8) is 0 Å². The van der Waals surface area contributed by atoms with E-state index in [0.29, 0.717) is 18.5 Å². The Bertz CT molecular complexity index is 1140. The molecule has 1 aromatic heterocycles. The van der Waals surface area contributed by atoms with Crippen LogP contribution in [0.3, 0.4) is 0 Å². The number of nitrogens with one attached hydrogen (secondary N) is 1. The molecule has 2 fully saturated rings. The third-order valence-electron chi connectivity index (χ3n) is 8.41. The number of anilines is 1. The van der Waals surface area contributed by atoms with Crippen molar-refractivity contribution in [3.8, 4) is 0 Å². The van der Waals surface area contributed by atoms with Crippen LogP contribution in [0.4, 0.5) is 23.2 Å². The van der Waals surface area contributed by atoms with Crippen molar-refractivity contribution in [3.05, 3.63) is 53.3 Å². The van der Waals surface area contributed by atoms with Crippen molar-refractivity contribution in [1.29, 1.82) is 0 Å². The molecule has 1 unspecified atom stereocenters. The second kappa shape index (κ2) is 10.6. The monoisotopic (exact) mass is 548 g/mol. The summed E-state index contributed by atoms with van der Waals surface area (Å²) in [7, 11) is -0.533. The van der Waals surface area contributed by atoms with Gasteiger partial charge in [0.05, 0.1) is 54.1 Å². The van der Waals surface area contributed by atoms with Gasteiger partial charge >= 0.3 is 13.3 Å². The van der Waals surface area contributed by atoms with Gasteiger partial charge < -0.3 is 14.6 Å². The zero-order valence-electron chi connectivity index (χ0n) is 23.0. The third kappa shape index (κ3) is 6.11. The first-order valence-corrected chi connectivity index (χ1v) is 13.7. The van der Waals surface area contributed by atoms with E-state index in [9.17, 15) is 17.6 Å². The Hall–Kier alpha value is -2.21. The highest BCUT2D eigenvalue weighted by Crippen LogP contribution is 2.39. The van der Waals surface area contributed by atoms with Crippen LogP contribution in [0.15, 0.2) is 36.5 Å². The zero-order valence-corrected chi connectivity index (χ0v) is 23.0. The van der Waals surface area contributed by atoms with E-state index < -0.39 is 37.1 Å². The minimum atomic E-state index is -4.32. The zero-order chi connectivity index (χ0) is 28.0. The van der Waals surface area contributed by atoms with Gasteiger partial charge in [-0.2, -0.15) is 13.2 Å². The van der Waals surface area contributed by atoms with E-state index in [-0.39, 0.29) is 19.3 Å². The van der Waals surface area contributed by atoms with Gasteiger partial charge in [-0.15, -0.1) is 0 Å². The van der Waals surface area contributed by atoms with Gasteiger partial charge in [0.15, 0.2) is 0 Å². The molecule has 3 aliphatic heterocycles. The van der Waals surface area contributed by atoms with Crippen LogP contribution in [0, 0.1) is 0 Å². The van der Waals surface area contributed by atoms with E-state index in [0.717, 1.165) is 41.9 Å². The van der Waals surface area contributed by atoms with Crippen molar-refractivity contribution in [2.24, 2.45) is 0 Å². The number of alkyl halides is 4. The van der Waals surface area contributed by atoms with Gasteiger partial charge in [0.1, 0.15) is 0 Å². The predicted molar refractivity (Wildman–Crippen MR) is 144 cm³/mol. The van der Waals surface area contributed by atoms with E-state index in [1.165, 1.54) is 4.90 Å². The number of halogens is 4. The maximum Gasteiger partial charge on any atom is 0.494 e. The number of nitrogens with zero attached hydrogens (tertiary/aromatic N) is 3. The average molecular weight is 548 g/mol. The van der Waals surface area contributed by atoms with Gasteiger partial charge in [-0.25, -0.2) is 0 Å². The van der Waals surface area contributed by atoms with Gasteiger partial charge in [0.25, 0.3) is 0 Å². The largest absolute Gasteiger partial charge is 0.494 e. The quantitative estimate of drug-likeness (QED) is 0.391. The molecule has 0 radical (unpaired) electrons. The van der Waals surface area contributed by atoms with E-state index in [4.69, 9.17) is 9.31 Å². The van der Waals surface area contributed by atoms with Crippen LogP contribution in [0.5, 0.6) is 0 Å². The smallest absolute Gasteiger partial charge is 0.399 e. The number of pyridine rings is 1. The van der Waals surface area contributed by atoms with Crippen LogP contribution < -0.4 is 10.8 Å². The summed E-state index contributed by atoms with van der Waals surface area (Å²) in [5.41, 5.74) is 3.11. The highest BCUT2D eigenvalue weighted by Gasteiger charge is 2.52. The van der Waals surface area contributed by atoms with Crippen LogP contribution >= 0.6 is 0 Å². The Labute approximate surface area is 228 Å². The highest BCUT2D eigenvalue weighted by atomic mass is 19.4. The lowest BCUT2D eigenvalue weighted by Crippen LogP contribution is -2.54. The lowest BCUT2D eigenvalue weighted by Gasteiger charge is -2.40. The van der Waals surface area contributed by atoms with E-state index in [1.54, 1.807) is 6.20 Å². The lowest BCUT2D eigenvalue weighted by atomic mass is 9.76. The van der Waals surface area contributed by atoms with Crippen LogP contribution in [-0.2, 0) is 15.7 Å². The molecule has 0 spiro atoms. The molecule has 6 nitrogen and oxygen atoms in total. The topological polar surface area (TPSA) is 49.9 Å². The summed E-state index contributed by atoms with van der Waals surface area (Å²) in [6.45, 7) is 9.35. The van der Waals surface area contributed by atoms with Crippen molar-refractivity contribution in [2.45, 2.75) is 70.0 Å². The summed E-state index contributed by atoms with van der Waals surface area (Å²) in [6, 6.07) is 9.14. The summed E-state index contributed by atoms with van der Waals surface area (Å²) in [4.78, 5) is 8.26. The molecule has 3 aliphatic rings. The molecule has 1 atom stereocenters. The number of benzene rings is 1. The van der Waals surface area contributed by atoms with Crippen molar-refractivity contribution < 1.29 is 26.9 Å². The van der Waals surface area contributed by atoms with E-state index >= 15 is 0 Å². The summed E-state index contributed by atoms with van der Waals surface area (Å²) >= 11 is 0. The normalized spacial score (nSPS) is 23.5. The second-order valence-corrected chi connectivity index (χ2v) is 11.9. The fraction of sp³-hybridized carbons (Fsp3) is 0.607. The summed E-state index contributed by atoms with van der Waals surface area (Å²) in [5, 5.41) is 3.42. The predicted octanol–water partition coefficient (Wildman–Crippen LogP) is 4.35. The van der Waals surface area contributed by atoms with E-state index in [2.05, 4.69) is 15.2 Å². The molecular formula is C28H37BF4N4O2. The molecule has 4 heterocycles. The third-order valence-corrected chi connectivity index (χ3v) is 8.41. The maximum atomic E-state index is 13.6. The number of fused-ring (bicyclic) bond motifs is 1. The molecule has 0 bridgehead atoms. The number of hydrogen-bond donors (Lipinski definition) is 1. The first-order valence-electron chi connectivity index (χ1n) is 13.7. The van der Waals surface area contributed by atoms with Crippen LogP contribution in [0.2, 0.25) is 0 Å². The molecule has 5 rings (SSSR count). The lowest BCUT2D eigenvalue weighted by molar-refractivity contribution is -0.150. The fourth-order valence-electron chi connectivity index (χ4n) is 5.59. The molecule has 0 aliphatic carbocycles. The van der Waals surface area contributed by atoms with Gasteiger partial charge in [0.2, 0.25) is 0 Å².